The molecule has 1 aromatic heterocycles. The minimum Gasteiger partial charge on any atom is -0.337 e. The number of carbonyl (C=O) groups is 1. The molecule has 0 saturated heterocycles. The van der Waals surface area contributed by atoms with Gasteiger partial charge in [0.05, 0.1) is 0 Å². The molecule has 0 saturated carbocycles. The van der Waals surface area contributed by atoms with Crippen LogP contribution >= 0.6 is 0 Å². The maximum Gasteiger partial charge on any atom is 0.223 e. The summed E-state index contributed by atoms with van der Waals surface area (Å²) in [5.41, 5.74) is 4.83. The summed E-state index contributed by atoms with van der Waals surface area (Å²) in [4.78, 5) is 19.2. The molecule has 130 valence electrons. The molecular weight excluding hydrogens is 320 g/mol. The molecule has 2 heterocycles. The smallest absolute Gasteiger partial charge is 0.223 e. The first-order valence-corrected chi connectivity index (χ1v) is 9.11. The van der Waals surface area contributed by atoms with E-state index < -0.39 is 0 Å². The lowest BCUT2D eigenvalue weighted by Crippen LogP contribution is -2.38. The summed E-state index contributed by atoms with van der Waals surface area (Å²) >= 11 is 0. The number of pyridine rings is 1. The van der Waals surface area contributed by atoms with Crippen molar-refractivity contribution in [1.29, 1.82) is 0 Å². The normalized spacial score (nSPS) is 16.2. The van der Waals surface area contributed by atoms with Gasteiger partial charge in [0.2, 0.25) is 5.91 Å². The molecule has 0 fully saturated rings. The summed E-state index contributed by atoms with van der Waals surface area (Å²) in [7, 11) is 0. The maximum absolute atomic E-state index is 12.9. The van der Waals surface area contributed by atoms with E-state index in [9.17, 15) is 4.79 Å². The van der Waals surface area contributed by atoms with Gasteiger partial charge in [0.15, 0.2) is 0 Å². The Bertz CT molecular complexity index is 877. The molecule has 1 atom stereocenters. The summed E-state index contributed by atoms with van der Waals surface area (Å²) in [5.74, 6) is 0.436. The summed E-state index contributed by atoms with van der Waals surface area (Å²) in [6, 6.07) is 24.8. The van der Waals surface area contributed by atoms with E-state index in [2.05, 4.69) is 53.5 Å². The van der Waals surface area contributed by atoms with E-state index in [-0.39, 0.29) is 11.8 Å². The van der Waals surface area contributed by atoms with Crippen LogP contribution in [0.15, 0.2) is 79.0 Å². The molecular formula is C23H22N2O. The molecule has 1 amide bonds. The Morgan fingerprint density at radius 1 is 0.962 bits per heavy atom. The number of amides is 1. The summed E-state index contributed by atoms with van der Waals surface area (Å²) in [6.45, 7) is 1.43. The summed E-state index contributed by atoms with van der Waals surface area (Å²) in [5, 5.41) is 0. The van der Waals surface area contributed by atoms with E-state index in [0.29, 0.717) is 19.4 Å². The van der Waals surface area contributed by atoms with Gasteiger partial charge in [-0.1, -0.05) is 60.7 Å². The van der Waals surface area contributed by atoms with Crippen molar-refractivity contribution in [3.05, 3.63) is 101 Å². The topological polar surface area (TPSA) is 33.2 Å². The lowest BCUT2D eigenvalue weighted by atomic mass is 9.84. The molecule has 0 aliphatic carbocycles. The number of carbonyl (C=O) groups excluding carboxylic acids is 1. The fraction of sp³-hybridized carbons (Fsp3) is 0.217. The Balaban J connectivity index is 1.54. The Morgan fingerprint density at radius 3 is 2.54 bits per heavy atom. The summed E-state index contributed by atoms with van der Waals surface area (Å²) < 4.78 is 0. The van der Waals surface area contributed by atoms with Crippen molar-refractivity contribution in [2.75, 3.05) is 6.54 Å². The zero-order valence-corrected chi connectivity index (χ0v) is 14.7. The molecule has 3 aromatic rings. The Kier molecular flexibility index (Phi) is 4.78. The fourth-order valence-electron chi connectivity index (χ4n) is 3.71. The molecule has 0 spiro atoms. The van der Waals surface area contributed by atoms with Gasteiger partial charge in [-0.15, -0.1) is 0 Å². The van der Waals surface area contributed by atoms with Crippen molar-refractivity contribution in [3.8, 4) is 0 Å². The lowest BCUT2D eigenvalue weighted by molar-refractivity contribution is -0.132. The average molecular weight is 342 g/mol. The number of fused-ring (bicyclic) bond motifs is 1. The van der Waals surface area contributed by atoms with E-state index in [1.165, 1.54) is 16.7 Å². The molecule has 0 unspecified atom stereocenters. The molecule has 0 radical (unpaired) electrons. The van der Waals surface area contributed by atoms with Gasteiger partial charge in [0.1, 0.15) is 0 Å². The number of hydrogen-bond acceptors (Lipinski definition) is 2. The largest absolute Gasteiger partial charge is 0.337 e. The highest BCUT2D eigenvalue weighted by Crippen LogP contribution is 2.33. The Hall–Kier alpha value is -2.94. The van der Waals surface area contributed by atoms with Gasteiger partial charge in [-0.3, -0.25) is 9.78 Å². The van der Waals surface area contributed by atoms with Gasteiger partial charge >= 0.3 is 0 Å². The van der Waals surface area contributed by atoms with Gasteiger partial charge in [0, 0.05) is 37.3 Å². The summed E-state index contributed by atoms with van der Waals surface area (Å²) in [6.07, 6.45) is 2.97. The molecule has 1 aliphatic rings. The maximum atomic E-state index is 12.9. The Morgan fingerprint density at radius 2 is 1.73 bits per heavy atom. The van der Waals surface area contributed by atoms with Gasteiger partial charge in [0.25, 0.3) is 0 Å². The van der Waals surface area contributed by atoms with Crippen molar-refractivity contribution in [1.82, 2.24) is 9.88 Å². The number of aryl methyl sites for hydroxylation is 1. The number of hydrogen-bond donors (Lipinski definition) is 0. The van der Waals surface area contributed by atoms with E-state index >= 15 is 0 Å². The standard InChI is InChI=1S/C23H22N2O/c26-23(14-13-20-11-6-7-15-24-20)25-16-19-10-4-5-12-21(19)22(17-25)18-8-2-1-3-9-18/h1-12,15,22H,13-14,16-17H2/t22-/m0/s1. The lowest BCUT2D eigenvalue weighted by Gasteiger charge is -2.35. The molecule has 1 aliphatic heterocycles. The van der Waals surface area contributed by atoms with Crippen molar-refractivity contribution in [3.63, 3.8) is 0 Å². The number of benzene rings is 2. The van der Waals surface area contributed by atoms with Crippen LogP contribution in [0.2, 0.25) is 0 Å². The zero-order valence-electron chi connectivity index (χ0n) is 14.7. The molecule has 3 heteroatoms. The van der Waals surface area contributed by atoms with E-state index in [1.54, 1.807) is 6.20 Å². The molecule has 0 N–H and O–H groups in total. The highest BCUT2D eigenvalue weighted by atomic mass is 16.2. The van der Waals surface area contributed by atoms with Gasteiger partial charge < -0.3 is 4.90 Å². The van der Waals surface area contributed by atoms with Crippen LogP contribution in [0.3, 0.4) is 0 Å². The van der Waals surface area contributed by atoms with Crippen LogP contribution in [-0.4, -0.2) is 22.3 Å². The van der Waals surface area contributed by atoms with Crippen LogP contribution < -0.4 is 0 Å². The predicted molar refractivity (Wildman–Crippen MR) is 103 cm³/mol. The minimum atomic E-state index is 0.200. The van der Waals surface area contributed by atoms with E-state index in [1.807, 2.05) is 29.2 Å². The fourth-order valence-corrected chi connectivity index (χ4v) is 3.71. The second-order valence-corrected chi connectivity index (χ2v) is 6.76. The van der Waals surface area contributed by atoms with Crippen molar-refractivity contribution in [2.24, 2.45) is 0 Å². The highest BCUT2D eigenvalue weighted by molar-refractivity contribution is 5.77. The third-order valence-corrected chi connectivity index (χ3v) is 5.07. The minimum absolute atomic E-state index is 0.200. The third kappa shape index (κ3) is 3.52. The molecule has 26 heavy (non-hydrogen) atoms. The zero-order chi connectivity index (χ0) is 17.8. The first-order chi connectivity index (χ1) is 12.8. The monoisotopic (exact) mass is 342 g/mol. The van der Waals surface area contributed by atoms with Gasteiger partial charge in [-0.05, 0) is 35.2 Å². The second-order valence-electron chi connectivity index (χ2n) is 6.76. The number of nitrogens with zero attached hydrogens (tertiary/aromatic N) is 2. The quantitative estimate of drug-likeness (QED) is 0.712. The van der Waals surface area contributed by atoms with Crippen molar-refractivity contribution < 1.29 is 4.79 Å². The first kappa shape index (κ1) is 16.5. The SMILES string of the molecule is O=C(CCc1ccccn1)N1Cc2ccccc2[C@H](c2ccccc2)C1. The number of rotatable bonds is 4. The average Bonchev–Trinajstić information content (AvgIpc) is 2.72. The van der Waals surface area contributed by atoms with Gasteiger partial charge in [-0.2, -0.15) is 0 Å². The molecule has 2 aromatic carbocycles. The van der Waals surface area contributed by atoms with Crippen molar-refractivity contribution >= 4 is 5.91 Å². The third-order valence-electron chi connectivity index (χ3n) is 5.07. The Labute approximate surface area is 154 Å². The van der Waals surface area contributed by atoms with Crippen LogP contribution in [0, 0.1) is 0 Å². The van der Waals surface area contributed by atoms with E-state index in [4.69, 9.17) is 0 Å². The first-order valence-electron chi connectivity index (χ1n) is 9.11. The van der Waals surface area contributed by atoms with Crippen molar-refractivity contribution in [2.45, 2.75) is 25.3 Å². The second kappa shape index (κ2) is 7.52. The van der Waals surface area contributed by atoms with E-state index in [0.717, 1.165) is 12.2 Å². The molecule has 0 bridgehead atoms. The van der Waals surface area contributed by atoms with Crippen LogP contribution in [0.25, 0.3) is 0 Å². The molecule has 4 rings (SSSR count). The number of aromatic nitrogens is 1. The van der Waals surface area contributed by atoms with Crippen LogP contribution in [0.1, 0.15) is 34.7 Å². The van der Waals surface area contributed by atoms with Crippen LogP contribution in [0.5, 0.6) is 0 Å². The predicted octanol–water partition coefficient (Wildman–Crippen LogP) is 4.19. The van der Waals surface area contributed by atoms with Gasteiger partial charge in [-0.25, -0.2) is 0 Å². The molecule has 3 nitrogen and oxygen atoms in total. The van der Waals surface area contributed by atoms with Crippen LogP contribution in [-0.2, 0) is 17.8 Å². The van der Waals surface area contributed by atoms with Crippen LogP contribution in [0.4, 0.5) is 0 Å². The highest BCUT2D eigenvalue weighted by Gasteiger charge is 2.28.